The average molecular weight is 233 g/mol. The molecule has 0 saturated heterocycles. The summed E-state index contributed by atoms with van der Waals surface area (Å²) in [7, 11) is 0. The zero-order valence-corrected chi connectivity index (χ0v) is 9.16. The molecule has 0 saturated carbocycles. The molecule has 88 valence electrons. The van der Waals surface area contributed by atoms with Crippen molar-refractivity contribution in [2.75, 3.05) is 5.32 Å². The maximum atomic E-state index is 10.8. The molecule has 0 aliphatic heterocycles. The molecule has 0 aliphatic rings. The summed E-state index contributed by atoms with van der Waals surface area (Å²) in [6.07, 6.45) is 3.06. The number of hydrogen-bond donors (Lipinski definition) is 1. The zero-order valence-electron chi connectivity index (χ0n) is 9.16. The summed E-state index contributed by atoms with van der Waals surface area (Å²) >= 11 is 0. The smallest absolute Gasteiger partial charge is 0.311 e. The Bertz CT molecular complexity index is 510. The molecule has 0 aromatic carbocycles. The van der Waals surface area contributed by atoms with Gasteiger partial charge in [0.05, 0.1) is 17.2 Å². The van der Waals surface area contributed by atoms with E-state index >= 15 is 0 Å². The number of nitro groups is 1. The molecule has 0 spiro atoms. The molecule has 0 unspecified atom stereocenters. The van der Waals surface area contributed by atoms with Crippen LogP contribution in [0.25, 0.3) is 0 Å². The molecular weight excluding hydrogens is 222 g/mol. The fourth-order valence-electron chi connectivity index (χ4n) is 1.47. The summed E-state index contributed by atoms with van der Waals surface area (Å²) in [6.45, 7) is 1.84. The Balaban J connectivity index is 2.21. The van der Waals surface area contributed by atoms with Gasteiger partial charge in [0, 0.05) is 12.3 Å². The topological polar surface area (TPSA) is 81.2 Å². The Hall–Kier alpha value is -2.37. The number of nitrogens with one attached hydrogen (secondary N) is 1. The van der Waals surface area contributed by atoms with Gasteiger partial charge in [-0.05, 0) is 25.1 Å². The van der Waals surface area contributed by atoms with Gasteiger partial charge < -0.3 is 9.73 Å². The molecule has 6 heteroatoms. The fourth-order valence-corrected chi connectivity index (χ4v) is 1.47. The van der Waals surface area contributed by atoms with Crippen LogP contribution < -0.4 is 5.32 Å². The Kier molecular flexibility index (Phi) is 3.04. The lowest BCUT2D eigenvalue weighted by molar-refractivity contribution is -0.384. The largest absolute Gasteiger partial charge is 0.467 e. The Labute approximate surface area is 97.4 Å². The van der Waals surface area contributed by atoms with Crippen molar-refractivity contribution in [2.45, 2.75) is 13.0 Å². The number of furan rings is 1. The maximum absolute atomic E-state index is 10.8. The van der Waals surface area contributed by atoms with Crippen LogP contribution in [0.2, 0.25) is 0 Å². The van der Waals surface area contributed by atoms with E-state index in [0.717, 1.165) is 0 Å². The number of nitrogens with zero attached hydrogens (tertiary/aromatic N) is 2. The van der Waals surface area contributed by atoms with Gasteiger partial charge in [-0.25, -0.2) is 4.98 Å². The van der Waals surface area contributed by atoms with Crippen LogP contribution in [0.1, 0.15) is 18.7 Å². The summed E-state index contributed by atoms with van der Waals surface area (Å²) in [5, 5.41) is 13.7. The van der Waals surface area contributed by atoms with Gasteiger partial charge >= 0.3 is 5.69 Å². The molecule has 1 N–H and O–H groups in total. The molecule has 0 radical (unpaired) electrons. The number of aromatic nitrogens is 1. The monoisotopic (exact) mass is 233 g/mol. The summed E-state index contributed by atoms with van der Waals surface area (Å²) in [4.78, 5) is 14.3. The van der Waals surface area contributed by atoms with Crippen LogP contribution in [0.5, 0.6) is 0 Å². The van der Waals surface area contributed by atoms with E-state index in [0.29, 0.717) is 5.76 Å². The SMILES string of the molecule is C[C@@H](Nc1ncccc1[N+](=O)[O-])c1ccco1. The van der Waals surface area contributed by atoms with Crippen LogP contribution >= 0.6 is 0 Å². The number of anilines is 1. The zero-order chi connectivity index (χ0) is 12.3. The van der Waals surface area contributed by atoms with Gasteiger partial charge in [0.25, 0.3) is 0 Å². The second kappa shape index (κ2) is 4.65. The van der Waals surface area contributed by atoms with Gasteiger partial charge in [-0.3, -0.25) is 10.1 Å². The van der Waals surface area contributed by atoms with Crippen molar-refractivity contribution in [2.24, 2.45) is 0 Å². The molecular formula is C11H11N3O3. The van der Waals surface area contributed by atoms with Crippen molar-refractivity contribution >= 4 is 11.5 Å². The van der Waals surface area contributed by atoms with Crippen molar-refractivity contribution in [3.05, 3.63) is 52.6 Å². The maximum Gasteiger partial charge on any atom is 0.311 e. The van der Waals surface area contributed by atoms with Crippen molar-refractivity contribution in [3.8, 4) is 0 Å². The molecule has 0 fully saturated rings. The summed E-state index contributed by atoms with van der Waals surface area (Å²) in [5.41, 5.74) is -0.0501. The van der Waals surface area contributed by atoms with Gasteiger partial charge in [-0.15, -0.1) is 0 Å². The highest BCUT2D eigenvalue weighted by Gasteiger charge is 2.17. The van der Waals surface area contributed by atoms with Gasteiger partial charge in [0.2, 0.25) is 5.82 Å². The third kappa shape index (κ3) is 2.41. The lowest BCUT2D eigenvalue weighted by Crippen LogP contribution is -2.08. The number of hydrogen-bond acceptors (Lipinski definition) is 5. The standard InChI is InChI=1S/C11H11N3O3/c1-8(10-5-3-7-17-10)13-11-9(14(15)16)4-2-6-12-11/h2-8H,1H3,(H,12,13)/t8-/m1/s1. The minimum atomic E-state index is -0.468. The lowest BCUT2D eigenvalue weighted by atomic mass is 10.2. The van der Waals surface area contributed by atoms with Crippen molar-refractivity contribution in [1.82, 2.24) is 4.98 Å². The molecule has 17 heavy (non-hydrogen) atoms. The van der Waals surface area contributed by atoms with Crippen LogP contribution in [-0.4, -0.2) is 9.91 Å². The molecule has 0 aliphatic carbocycles. The molecule has 2 rings (SSSR count). The first-order valence-corrected chi connectivity index (χ1v) is 5.08. The minimum absolute atomic E-state index is 0.0501. The molecule has 2 aromatic rings. The van der Waals surface area contributed by atoms with Crippen molar-refractivity contribution in [3.63, 3.8) is 0 Å². The highest BCUT2D eigenvalue weighted by Crippen LogP contribution is 2.25. The highest BCUT2D eigenvalue weighted by molar-refractivity contribution is 5.55. The molecule has 2 aromatic heterocycles. The Morgan fingerprint density at radius 2 is 2.29 bits per heavy atom. The van der Waals surface area contributed by atoms with Crippen LogP contribution in [0.3, 0.4) is 0 Å². The molecule has 6 nitrogen and oxygen atoms in total. The summed E-state index contributed by atoms with van der Waals surface area (Å²) in [5.74, 6) is 0.936. The normalized spacial score (nSPS) is 12.1. The van der Waals surface area contributed by atoms with Crippen molar-refractivity contribution < 1.29 is 9.34 Å². The van der Waals surface area contributed by atoms with E-state index in [1.807, 2.05) is 6.92 Å². The lowest BCUT2D eigenvalue weighted by Gasteiger charge is -2.11. The minimum Gasteiger partial charge on any atom is -0.467 e. The Morgan fingerprint density at radius 1 is 1.47 bits per heavy atom. The molecule has 2 heterocycles. The molecule has 0 amide bonds. The van der Waals surface area contributed by atoms with Gasteiger partial charge in [-0.1, -0.05) is 0 Å². The molecule has 1 atom stereocenters. The van der Waals surface area contributed by atoms with Gasteiger partial charge in [-0.2, -0.15) is 0 Å². The number of pyridine rings is 1. The van der Waals surface area contributed by atoms with E-state index in [2.05, 4.69) is 10.3 Å². The summed E-state index contributed by atoms with van der Waals surface area (Å²) < 4.78 is 5.21. The highest BCUT2D eigenvalue weighted by atomic mass is 16.6. The second-order valence-corrected chi connectivity index (χ2v) is 3.51. The van der Waals surface area contributed by atoms with Crippen LogP contribution in [-0.2, 0) is 0 Å². The predicted octanol–water partition coefficient (Wildman–Crippen LogP) is 2.76. The Morgan fingerprint density at radius 3 is 2.94 bits per heavy atom. The third-order valence-electron chi connectivity index (χ3n) is 2.31. The number of rotatable bonds is 4. The van der Waals surface area contributed by atoms with E-state index in [1.54, 1.807) is 18.4 Å². The average Bonchev–Trinajstić information content (AvgIpc) is 2.83. The predicted molar refractivity (Wildman–Crippen MR) is 61.6 cm³/mol. The van der Waals surface area contributed by atoms with E-state index in [9.17, 15) is 10.1 Å². The summed E-state index contributed by atoms with van der Waals surface area (Å²) in [6, 6.07) is 6.32. The fraction of sp³-hybridized carbons (Fsp3) is 0.182. The van der Waals surface area contributed by atoms with Crippen LogP contribution in [0.15, 0.2) is 41.1 Å². The van der Waals surface area contributed by atoms with Gasteiger partial charge in [0.15, 0.2) is 0 Å². The van der Waals surface area contributed by atoms with Crippen LogP contribution in [0, 0.1) is 10.1 Å². The van der Waals surface area contributed by atoms with Crippen molar-refractivity contribution in [1.29, 1.82) is 0 Å². The second-order valence-electron chi connectivity index (χ2n) is 3.51. The first-order valence-electron chi connectivity index (χ1n) is 5.08. The van der Waals surface area contributed by atoms with Crippen LogP contribution in [0.4, 0.5) is 11.5 Å². The van der Waals surface area contributed by atoms with E-state index in [-0.39, 0.29) is 17.5 Å². The molecule has 0 bridgehead atoms. The van der Waals surface area contributed by atoms with Gasteiger partial charge in [0.1, 0.15) is 5.76 Å². The quantitative estimate of drug-likeness (QED) is 0.648. The first kappa shape index (κ1) is 11.1. The van der Waals surface area contributed by atoms with E-state index in [4.69, 9.17) is 4.42 Å². The first-order chi connectivity index (χ1) is 8.18. The van der Waals surface area contributed by atoms with E-state index < -0.39 is 4.92 Å². The van der Waals surface area contributed by atoms with E-state index in [1.165, 1.54) is 18.3 Å². The third-order valence-corrected chi connectivity index (χ3v) is 2.31.